The molecule has 0 aliphatic rings. The van der Waals surface area contributed by atoms with Gasteiger partial charge in [0, 0.05) is 5.39 Å². The van der Waals surface area contributed by atoms with Gasteiger partial charge >= 0.3 is 0 Å². The SMILES string of the molecule is CCOc1ccccc1NC(=O)CSc1nc2c(oc3ccccc32)c(=O)n1Cc1ccccc1. The molecule has 0 aliphatic heterocycles. The van der Waals surface area contributed by atoms with Gasteiger partial charge in [-0.2, -0.15) is 0 Å². The van der Waals surface area contributed by atoms with Crippen LogP contribution in [0.25, 0.3) is 22.1 Å². The number of nitrogens with one attached hydrogen (secondary N) is 1. The smallest absolute Gasteiger partial charge is 0.298 e. The molecule has 35 heavy (non-hydrogen) atoms. The third-order valence-electron chi connectivity index (χ3n) is 5.42. The molecule has 0 saturated carbocycles. The highest BCUT2D eigenvalue weighted by Gasteiger charge is 2.19. The highest BCUT2D eigenvalue weighted by molar-refractivity contribution is 7.99. The van der Waals surface area contributed by atoms with Gasteiger partial charge in [0.2, 0.25) is 11.5 Å². The molecule has 176 valence electrons. The van der Waals surface area contributed by atoms with Crippen molar-refractivity contribution in [2.24, 2.45) is 0 Å². The van der Waals surface area contributed by atoms with Crippen molar-refractivity contribution in [3.8, 4) is 5.75 Å². The van der Waals surface area contributed by atoms with Crippen LogP contribution >= 0.6 is 11.8 Å². The van der Waals surface area contributed by atoms with Gasteiger partial charge in [0.25, 0.3) is 5.56 Å². The lowest BCUT2D eigenvalue weighted by Gasteiger charge is -2.13. The number of thioether (sulfide) groups is 1. The Labute approximate surface area is 205 Å². The molecule has 5 aromatic rings. The molecule has 7 nitrogen and oxygen atoms in total. The van der Waals surface area contributed by atoms with Crippen molar-refractivity contribution >= 4 is 45.4 Å². The van der Waals surface area contributed by atoms with Crippen molar-refractivity contribution in [2.45, 2.75) is 18.6 Å². The lowest BCUT2D eigenvalue weighted by molar-refractivity contribution is -0.113. The van der Waals surface area contributed by atoms with E-state index in [1.807, 2.05) is 79.7 Å². The minimum Gasteiger partial charge on any atom is -0.492 e. The van der Waals surface area contributed by atoms with E-state index in [1.165, 1.54) is 11.8 Å². The second kappa shape index (κ2) is 10.1. The Bertz CT molecular complexity index is 1560. The predicted octanol–water partition coefficient (Wildman–Crippen LogP) is 5.32. The van der Waals surface area contributed by atoms with E-state index in [0.717, 1.165) is 10.9 Å². The Kier molecular flexibility index (Phi) is 6.54. The average molecular weight is 486 g/mol. The summed E-state index contributed by atoms with van der Waals surface area (Å²) in [6.07, 6.45) is 0. The number of anilines is 1. The fraction of sp³-hybridized carbons (Fsp3) is 0.148. The summed E-state index contributed by atoms with van der Waals surface area (Å²) in [4.78, 5) is 31.0. The topological polar surface area (TPSA) is 86.4 Å². The number of ether oxygens (including phenoxy) is 1. The van der Waals surface area contributed by atoms with E-state index in [1.54, 1.807) is 10.6 Å². The first-order valence-electron chi connectivity index (χ1n) is 11.2. The fourth-order valence-electron chi connectivity index (χ4n) is 3.84. The maximum absolute atomic E-state index is 13.5. The van der Waals surface area contributed by atoms with Gasteiger partial charge < -0.3 is 14.5 Å². The van der Waals surface area contributed by atoms with Crippen molar-refractivity contribution in [3.05, 3.63) is 94.8 Å². The molecule has 2 heterocycles. The van der Waals surface area contributed by atoms with E-state index < -0.39 is 0 Å². The van der Waals surface area contributed by atoms with Crippen molar-refractivity contribution in [2.75, 3.05) is 17.7 Å². The van der Waals surface area contributed by atoms with Crippen LogP contribution < -0.4 is 15.6 Å². The van der Waals surface area contributed by atoms with Gasteiger partial charge in [-0.25, -0.2) is 4.98 Å². The second-order valence-corrected chi connectivity index (χ2v) is 8.76. The molecule has 1 amide bonds. The molecular weight excluding hydrogens is 462 g/mol. The molecule has 0 atom stereocenters. The van der Waals surface area contributed by atoms with Crippen LogP contribution in [0.15, 0.2) is 93.2 Å². The van der Waals surface area contributed by atoms with Crippen molar-refractivity contribution in [1.29, 1.82) is 0 Å². The molecular formula is C27H23N3O4S. The van der Waals surface area contributed by atoms with Gasteiger partial charge in [0.1, 0.15) is 16.8 Å². The first kappa shape index (κ1) is 22.7. The van der Waals surface area contributed by atoms with Crippen molar-refractivity contribution in [3.63, 3.8) is 0 Å². The first-order chi connectivity index (χ1) is 17.1. The lowest BCUT2D eigenvalue weighted by atomic mass is 10.2. The first-order valence-corrected chi connectivity index (χ1v) is 12.2. The van der Waals surface area contributed by atoms with E-state index in [-0.39, 0.29) is 22.8 Å². The van der Waals surface area contributed by atoms with E-state index >= 15 is 0 Å². The number of fused-ring (bicyclic) bond motifs is 3. The molecule has 0 radical (unpaired) electrons. The van der Waals surface area contributed by atoms with Gasteiger partial charge in [-0.05, 0) is 36.8 Å². The molecule has 0 fully saturated rings. The molecule has 1 N–H and O–H groups in total. The third kappa shape index (κ3) is 4.79. The summed E-state index contributed by atoms with van der Waals surface area (Å²) in [5.41, 5.74) is 2.58. The van der Waals surface area contributed by atoms with Crippen LogP contribution in [0.1, 0.15) is 12.5 Å². The number of para-hydroxylation sites is 3. The Morgan fingerprint density at radius 2 is 1.77 bits per heavy atom. The predicted molar refractivity (Wildman–Crippen MR) is 138 cm³/mol. The van der Waals surface area contributed by atoms with Crippen molar-refractivity contribution < 1.29 is 13.9 Å². The average Bonchev–Trinajstić information content (AvgIpc) is 3.25. The quantitative estimate of drug-likeness (QED) is 0.236. The van der Waals surface area contributed by atoms with Crippen LogP contribution in [0.3, 0.4) is 0 Å². The summed E-state index contributed by atoms with van der Waals surface area (Å²) in [6, 6.07) is 24.4. The molecule has 0 saturated heterocycles. The van der Waals surface area contributed by atoms with Crippen LogP contribution in [0, 0.1) is 0 Å². The highest BCUT2D eigenvalue weighted by Crippen LogP contribution is 2.28. The van der Waals surface area contributed by atoms with E-state index in [4.69, 9.17) is 14.1 Å². The molecule has 0 bridgehead atoms. The minimum atomic E-state index is -0.278. The van der Waals surface area contributed by atoms with Gasteiger partial charge in [0.15, 0.2) is 5.16 Å². The van der Waals surface area contributed by atoms with Crippen LogP contribution in [-0.4, -0.2) is 27.8 Å². The Balaban J connectivity index is 1.48. The van der Waals surface area contributed by atoms with Gasteiger partial charge in [0.05, 0.1) is 24.6 Å². The Morgan fingerprint density at radius 3 is 2.60 bits per heavy atom. The number of hydrogen-bond donors (Lipinski definition) is 1. The molecule has 3 aromatic carbocycles. The van der Waals surface area contributed by atoms with Crippen molar-refractivity contribution in [1.82, 2.24) is 9.55 Å². The largest absolute Gasteiger partial charge is 0.492 e. The van der Waals surface area contributed by atoms with E-state index in [2.05, 4.69) is 5.32 Å². The molecule has 2 aromatic heterocycles. The number of carbonyl (C=O) groups is 1. The Hall–Kier alpha value is -4.04. The zero-order valence-corrected chi connectivity index (χ0v) is 19.9. The molecule has 0 spiro atoms. The van der Waals surface area contributed by atoms with E-state index in [9.17, 15) is 9.59 Å². The summed E-state index contributed by atoms with van der Waals surface area (Å²) in [6.45, 7) is 2.70. The van der Waals surface area contributed by atoms with Gasteiger partial charge in [-0.3, -0.25) is 14.2 Å². The summed E-state index contributed by atoms with van der Waals surface area (Å²) < 4.78 is 13.0. The second-order valence-electron chi connectivity index (χ2n) is 7.81. The molecule has 0 unspecified atom stereocenters. The number of furan rings is 1. The molecule has 5 rings (SSSR count). The lowest BCUT2D eigenvalue weighted by Crippen LogP contribution is -2.24. The summed E-state index contributed by atoms with van der Waals surface area (Å²) in [5.74, 6) is 0.460. The molecule has 8 heteroatoms. The maximum atomic E-state index is 13.5. The minimum absolute atomic E-state index is 0.0724. The van der Waals surface area contributed by atoms with Crippen LogP contribution in [0.5, 0.6) is 5.75 Å². The summed E-state index contributed by atoms with van der Waals surface area (Å²) in [7, 11) is 0. The normalized spacial score (nSPS) is 11.1. The van der Waals surface area contributed by atoms with Gasteiger partial charge in [-0.15, -0.1) is 0 Å². The third-order valence-corrected chi connectivity index (χ3v) is 6.40. The monoisotopic (exact) mass is 485 g/mol. The maximum Gasteiger partial charge on any atom is 0.298 e. The van der Waals surface area contributed by atoms with Gasteiger partial charge in [-0.1, -0.05) is 66.4 Å². The Morgan fingerprint density at radius 1 is 1.03 bits per heavy atom. The summed E-state index contributed by atoms with van der Waals surface area (Å²) in [5, 5.41) is 4.11. The summed E-state index contributed by atoms with van der Waals surface area (Å²) >= 11 is 1.21. The highest BCUT2D eigenvalue weighted by atomic mass is 32.2. The zero-order valence-electron chi connectivity index (χ0n) is 19.1. The van der Waals surface area contributed by atoms with E-state index in [0.29, 0.717) is 40.8 Å². The zero-order chi connectivity index (χ0) is 24.2. The standard InChI is InChI=1S/C27H23N3O4S/c1-2-33-22-15-9-7-13-20(22)28-23(31)17-35-27-29-24-19-12-6-8-14-21(19)34-25(24)26(32)30(27)16-18-10-4-3-5-11-18/h3-15H,2,16-17H2,1H3,(H,28,31). The number of amides is 1. The van der Waals surface area contributed by atoms with Crippen LogP contribution in [-0.2, 0) is 11.3 Å². The van der Waals surface area contributed by atoms with Crippen LogP contribution in [0.2, 0.25) is 0 Å². The van der Waals surface area contributed by atoms with Crippen LogP contribution in [0.4, 0.5) is 5.69 Å². The number of hydrogen-bond acceptors (Lipinski definition) is 6. The number of nitrogens with zero attached hydrogens (tertiary/aromatic N) is 2. The number of rotatable bonds is 8. The number of aromatic nitrogens is 2. The number of carbonyl (C=O) groups excluding carboxylic acids is 1. The fourth-order valence-corrected chi connectivity index (χ4v) is 4.63. The molecule has 0 aliphatic carbocycles. The number of benzene rings is 3.